The van der Waals surface area contributed by atoms with E-state index in [-0.39, 0.29) is 0 Å². The molecule has 21 heavy (non-hydrogen) atoms. The number of phenolic OH excluding ortho intramolecular Hbond substituents is 1. The molecule has 0 aromatic heterocycles. The lowest BCUT2D eigenvalue weighted by Crippen LogP contribution is -2.42. The molecule has 1 atom stereocenters. The Balaban J connectivity index is 1.80. The van der Waals surface area contributed by atoms with Gasteiger partial charge < -0.3 is 10.0 Å². The van der Waals surface area contributed by atoms with Crippen LogP contribution < -0.4 is 0 Å². The molecule has 0 bridgehead atoms. The number of hydrogen-bond donors (Lipinski definition) is 1. The summed E-state index contributed by atoms with van der Waals surface area (Å²) in [5, 5.41) is 9.33. The summed E-state index contributed by atoms with van der Waals surface area (Å²) in [5.41, 5.74) is 1.87. The van der Waals surface area contributed by atoms with E-state index in [9.17, 15) is 5.11 Å². The summed E-state index contributed by atoms with van der Waals surface area (Å²) < 4.78 is 0. The molecule has 0 aliphatic heterocycles. The van der Waals surface area contributed by atoms with Crippen molar-refractivity contribution in [1.29, 1.82) is 0 Å². The van der Waals surface area contributed by atoms with E-state index >= 15 is 0 Å². The summed E-state index contributed by atoms with van der Waals surface area (Å²) in [6, 6.07) is 9.01. The van der Waals surface area contributed by atoms with Crippen LogP contribution in [0.3, 0.4) is 0 Å². The topological polar surface area (TPSA) is 23.5 Å². The van der Waals surface area contributed by atoms with E-state index in [0.29, 0.717) is 17.2 Å². The summed E-state index contributed by atoms with van der Waals surface area (Å²) in [7, 11) is 2.30. The minimum Gasteiger partial charge on any atom is -0.508 e. The molecule has 0 amide bonds. The van der Waals surface area contributed by atoms with E-state index in [1.165, 1.54) is 37.7 Å². The second kappa shape index (κ2) is 6.83. The van der Waals surface area contributed by atoms with Crippen LogP contribution in [0.5, 0.6) is 5.75 Å². The number of hydrogen-bond acceptors (Lipinski definition) is 2. The molecule has 2 nitrogen and oxygen atoms in total. The molecule has 1 N–H and O–H groups in total. The van der Waals surface area contributed by atoms with E-state index in [1.807, 2.05) is 12.1 Å². The van der Waals surface area contributed by atoms with Gasteiger partial charge in [-0.25, -0.2) is 0 Å². The standard InChI is InChI=1S/C19H31NO/c1-15(5-6-16-7-9-18(21)10-8-16)20(4)17-11-13-19(2,3)14-12-17/h7-10,15,17,21H,5-6,11-14H2,1-4H3. The molecular weight excluding hydrogens is 258 g/mol. The molecule has 0 spiro atoms. The molecule has 2 rings (SSSR count). The third-order valence-electron chi connectivity index (χ3n) is 5.37. The zero-order chi connectivity index (χ0) is 15.5. The zero-order valence-corrected chi connectivity index (χ0v) is 14.1. The Morgan fingerprint density at radius 3 is 2.33 bits per heavy atom. The number of nitrogens with zero attached hydrogens (tertiary/aromatic N) is 1. The maximum absolute atomic E-state index is 9.33. The maximum atomic E-state index is 9.33. The molecule has 0 saturated heterocycles. The van der Waals surface area contributed by atoms with E-state index < -0.39 is 0 Å². The van der Waals surface area contributed by atoms with Gasteiger partial charge in [0.1, 0.15) is 5.75 Å². The first kappa shape index (κ1) is 16.4. The number of rotatable bonds is 5. The summed E-state index contributed by atoms with van der Waals surface area (Å²) in [6.45, 7) is 7.15. The van der Waals surface area contributed by atoms with E-state index in [0.717, 1.165) is 12.5 Å². The minimum atomic E-state index is 0.355. The van der Waals surface area contributed by atoms with Crippen LogP contribution in [0.15, 0.2) is 24.3 Å². The predicted molar refractivity (Wildman–Crippen MR) is 89.7 cm³/mol. The van der Waals surface area contributed by atoms with E-state index in [2.05, 4.69) is 32.7 Å². The fraction of sp³-hybridized carbons (Fsp3) is 0.684. The lowest BCUT2D eigenvalue weighted by Gasteiger charge is -2.41. The van der Waals surface area contributed by atoms with Gasteiger partial charge in [-0.1, -0.05) is 26.0 Å². The molecule has 1 unspecified atom stereocenters. The highest BCUT2D eigenvalue weighted by Crippen LogP contribution is 2.37. The number of aromatic hydroxyl groups is 1. The van der Waals surface area contributed by atoms with Crippen LogP contribution in [-0.2, 0) is 6.42 Å². The zero-order valence-electron chi connectivity index (χ0n) is 14.1. The molecule has 2 heteroatoms. The van der Waals surface area contributed by atoms with Crippen LogP contribution in [0.2, 0.25) is 0 Å². The van der Waals surface area contributed by atoms with Crippen molar-refractivity contribution >= 4 is 0 Å². The quantitative estimate of drug-likeness (QED) is 0.855. The van der Waals surface area contributed by atoms with Gasteiger partial charge in [0.2, 0.25) is 0 Å². The Labute approximate surface area is 130 Å². The average Bonchev–Trinajstić information content (AvgIpc) is 2.45. The molecule has 0 radical (unpaired) electrons. The van der Waals surface area contributed by atoms with Crippen molar-refractivity contribution in [1.82, 2.24) is 4.90 Å². The van der Waals surface area contributed by atoms with Gasteiger partial charge in [0.05, 0.1) is 0 Å². The van der Waals surface area contributed by atoms with Gasteiger partial charge >= 0.3 is 0 Å². The molecule has 118 valence electrons. The summed E-state index contributed by atoms with van der Waals surface area (Å²) in [6.07, 6.45) is 7.66. The largest absolute Gasteiger partial charge is 0.508 e. The highest BCUT2D eigenvalue weighted by molar-refractivity contribution is 5.25. The number of benzene rings is 1. The summed E-state index contributed by atoms with van der Waals surface area (Å²) in [4.78, 5) is 2.59. The molecule has 1 fully saturated rings. The van der Waals surface area contributed by atoms with Crippen molar-refractivity contribution in [3.63, 3.8) is 0 Å². The molecule has 1 aromatic carbocycles. The maximum Gasteiger partial charge on any atom is 0.115 e. The molecule has 1 aromatic rings. The first-order chi connectivity index (χ1) is 9.87. The van der Waals surface area contributed by atoms with Gasteiger partial charge in [0, 0.05) is 12.1 Å². The van der Waals surface area contributed by atoms with Crippen LogP contribution in [0, 0.1) is 5.41 Å². The lowest BCUT2D eigenvalue weighted by atomic mass is 9.75. The fourth-order valence-electron chi connectivity index (χ4n) is 3.39. The Morgan fingerprint density at radius 1 is 1.19 bits per heavy atom. The average molecular weight is 289 g/mol. The third-order valence-corrected chi connectivity index (χ3v) is 5.37. The molecule has 1 aliphatic rings. The van der Waals surface area contributed by atoms with Crippen LogP contribution in [-0.4, -0.2) is 29.1 Å². The third kappa shape index (κ3) is 4.74. The smallest absolute Gasteiger partial charge is 0.115 e. The van der Waals surface area contributed by atoms with Gasteiger partial charge in [0.25, 0.3) is 0 Å². The van der Waals surface area contributed by atoms with Gasteiger partial charge in [-0.2, -0.15) is 0 Å². The van der Waals surface area contributed by atoms with Crippen molar-refractivity contribution in [2.45, 2.75) is 71.4 Å². The van der Waals surface area contributed by atoms with Crippen molar-refractivity contribution in [3.8, 4) is 5.75 Å². The van der Waals surface area contributed by atoms with E-state index in [1.54, 1.807) is 12.1 Å². The highest BCUT2D eigenvalue weighted by Gasteiger charge is 2.30. The van der Waals surface area contributed by atoms with Crippen LogP contribution in [0.1, 0.15) is 58.4 Å². The van der Waals surface area contributed by atoms with Crippen LogP contribution in [0.25, 0.3) is 0 Å². The molecule has 1 aliphatic carbocycles. The normalized spacial score (nSPS) is 20.6. The van der Waals surface area contributed by atoms with Crippen molar-refractivity contribution in [2.24, 2.45) is 5.41 Å². The number of aryl methyl sites for hydroxylation is 1. The monoisotopic (exact) mass is 289 g/mol. The Morgan fingerprint density at radius 2 is 1.76 bits per heavy atom. The molecule has 1 saturated carbocycles. The van der Waals surface area contributed by atoms with Crippen LogP contribution >= 0.6 is 0 Å². The second-order valence-electron chi connectivity index (χ2n) is 7.61. The summed E-state index contributed by atoms with van der Waals surface area (Å²) in [5.74, 6) is 0.355. The Bertz CT molecular complexity index is 427. The molecular formula is C19H31NO. The SMILES string of the molecule is CC(CCc1ccc(O)cc1)N(C)C1CCC(C)(C)CC1. The van der Waals surface area contributed by atoms with Gasteiger partial charge in [-0.3, -0.25) is 0 Å². The molecule has 0 heterocycles. The second-order valence-corrected chi connectivity index (χ2v) is 7.61. The highest BCUT2D eigenvalue weighted by atomic mass is 16.3. The first-order valence-corrected chi connectivity index (χ1v) is 8.37. The first-order valence-electron chi connectivity index (χ1n) is 8.37. The van der Waals surface area contributed by atoms with Gasteiger partial charge in [-0.05, 0) is 75.6 Å². The minimum absolute atomic E-state index is 0.355. The van der Waals surface area contributed by atoms with Gasteiger partial charge in [-0.15, -0.1) is 0 Å². The van der Waals surface area contributed by atoms with E-state index in [4.69, 9.17) is 0 Å². The number of phenols is 1. The Hall–Kier alpha value is -1.02. The Kier molecular flexibility index (Phi) is 5.32. The van der Waals surface area contributed by atoms with Gasteiger partial charge in [0.15, 0.2) is 0 Å². The van der Waals surface area contributed by atoms with Crippen molar-refractivity contribution < 1.29 is 5.11 Å². The van der Waals surface area contributed by atoms with Crippen molar-refractivity contribution in [2.75, 3.05) is 7.05 Å². The lowest BCUT2D eigenvalue weighted by molar-refractivity contribution is 0.0971. The fourth-order valence-corrected chi connectivity index (χ4v) is 3.39. The van der Waals surface area contributed by atoms with Crippen LogP contribution in [0.4, 0.5) is 0 Å². The predicted octanol–water partition coefficient (Wildman–Crippen LogP) is 4.61. The summed E-state index contributed by atoms with van der Waals surface area (Å²) >= 11 is 0. The van der Waals surface area contributed by atoms with Crippen molar-refractivity contribution in [3.05, 3.63) is 29.8 Å².